The summed E-state index contributed by atoms with van der Waals surface area (Å²) < 4.78 is 33.4. The van der Waals surface area contributed by atoms with Crippen molar-refractivity contribution < 1.29 is 17.6 Å². The fraction of sp³-hybridized carbons (Fsp3) is 0.261. The van der Waals surface area contributed by atoms with E-state index in [1.165, 1.54) is 12.1 Å². The van der Waals surface area contributed by atoms with E-state index in [0.29, 0.717) is 12.1 Å². The number of carbonyl (C=O) groups excluding carboxylic acids is 1. The van der Waals surface area contributed by atoms with Gasteiger partial charge in [-0.05, 0) is 51.1 Å². The van der Waals surface area contributed by atoms with Crippen LogP contribution in [0.25, 0.3) is 11.3 Å². The lowest BCUT2D eigenvalue weighted by Crippen LogP contribution is -2.40. The lowest BCUT2D eigenvalue weighted by Gasteiger charge is -2.20. The zero-order chi connectivity index (χ0) is 21.8. The van der Waals surface area contributed by atoms with Crippen LogP contribution in [0.15, 0.2) is 76.0 Å². The Morgan fingerprint density at radius 3 is 2.40 bits per heavy atom. The van der Waals surface area contributed by atoms with Crippen LogP contribution in [0.1, 0.15) is 33.0 Å². The van der Waals surface area contributed by atoms with Crippen molar-refractivity contribution in [2.24, 2.45) is 0 Å². The molecule has 0 radical (unpaired) electrons. The van der Waals surface area contributed by atoms with Crippen LogP contribution in [0.4, 0.5) is 5.69 Å². The molecule has 0 bridgehead atoms. The molecule has 0 aliphatic rings. The molecule has 0 atom stereocenters. The molecular formula is C23H26N2O4S. The Hall–Kier alpha value is -2.90. The quantitative estimate of drug-likeness (QED) is 0.578. The molecule has 0 fully saturated rings. The number of hydrogen-bond donors (Lipinski definition) is 2. The smallest absolute Gasteiger partial charge is 0.241 e. The van der Waals surface area contributed by atoms with Crippen LogP contribution in [0, 0.1) is 0 Å². The van der Waals surface area contributed by atoms with Gasteiger partial charge in [-0.15, -0.1) is 0 Å². The number of nitrogens with one attached hydrogen (secondary N) is 2. The molecule has 2 N–H and O–H groups in total. The Labute approximate surface area is 177 Å². The third-order valence-corrected chi connectivity index (χ3v) is 5.94. The topological polar surface area (TPSA) is 88.4 Å². The minimum absolute atomic E-state index is 0.105. The van der Waals surface area contributed by atoms with Gasteiger partial charge >= 0.3 is 0 Å². The predicted molar refractivity (Wildman–Crippen MR) is 118 cm³/mol. The number of rotatable bonds is 7. The average molecular weight is 427 g/mol. The minimum Gasteiger partial charge on any atom is -0.461 e. The number of amides is 1. The van der Waals surface area contributed by atoms with Gasteiger partial charge in [-0.3, -0.25) is 4.79 Å². The number of aryl methyl sites for hydroxylation is 1. The zero-order valence-corrected chi connectivity index (χ0v) is 18.1. The van der Waals surface area contributed by atoms with Gasteiger partial charge in [0.05, 0.1) is 4.90 Å². The minimum atomic E-state index is -3.67. The Bertz CT molecular complexity index is 1110. The van der Waals surface area contributed by atoms with Crippen molar-refractivity contribution >= 4 is 21.6 Å². The summed E-state index contributed by atoms with van der Waals surface area (Å²) in [5.74, 6) is 1.26. The first-order valence-electron chi connectivity index (χ1n) is 9.70. The molecule has 0 saturated heterocycles. The maximum Gasteiger partial charge on any atom is 0.241 e. The highest BCUT2D eigenvalue weighted by molar-refractivity contribution is 7.89. The van der Waals surface area contributed by atoms with Gasteiger partial charge in [0.2, 0.25) is 15.9 Å². The molecule has 6 nitrogen and oxygen atoms in total. The van der Waals surface area contributed by atoms with Crippen molar-refractivity contribution in [2.75, 3.05) is 5.32 Å². The molecule has 7 heteroatoms. The summed E-state index contributed by atoms with van der Waals surface area (Å²) in [6, 6.07) is 19.7. The summed E-state index contributed by atoms with van der Waals surface area (Å²) >= 11 is 0. The second-order valence-corrected chi connectivity index (χ2v) is 9.75. The van der Waals surface area contributed by atoms with Crippen LogP contribution < -0.4 is 10.0 Å². The zero-order valence-electron chi connectivity index (χ0n) is 17.3. The molecule has 158 valence electrons. The second-order valence-electron chi connectivity index (χ2n) is 8.06. The molecule has 0 aliphatic carbocycles. The van der Waals surface area contributed by atoms with E-state index in [1.54, 1.807) is 32.9 Å². The molecule has 0 saturated carbocycles. The molecule has 0 spiro atoms. The molecule has 2 aromatic carbocycles. The first-order chi connectivity index (χ1) is 14.1. The van der Waals surface area contributed by atoms with Crippen molar-refractivity contribution in [2.45, 2.75) is 44.0 Å². The molecule has 3 rings (SSSR count). The van der Waals surface area contributed by atoms with Crippen molar-refractivity contribution in [3.05, 3.63) is 72.5 Å². The number of sulfonamides is 1. The van der Waals surface area contributed by atoms with Crippen LogP contribution in [-0.2, 0) is 21.2 Å². The van der Waals surface area contributed by atoms with Crippen molar-refractivity contribution in [1.29, 1.82) is 0 Å². The van der Waals surface area contributed by atoms with Crippen LogP contribution in [0.2, 0.25) is 0 Å². The molecular weight excluding hydrogens is 400 g/mol. The van der Waals surface area contributed by atoms with Gasteiger partial charge in [0.1, 0.15) is 11.5 Å². The van der Waals surface area contributed by atoms with Gasteiger partial charge in [0.25, 0.3) is 0 Å². The summed E-state index contributed by atoms with van der Waals surface area (Å²) in [7, 11) is -3.67. The fourth-order valence-corrected chi connectivity index (χ4v) is 4.40. The Balaban J connectivity index is 1.60. The summed E-state index contributed by atoms with van der Waals surface area (Å²) in [6.07, 6.45) is 0.668. The first-order valence-corrected chi connectivity index (χ1v) is 11.2. The molecule has 1 heterocycles. The number of hydrogen-bond acceptors (Lipinski definition) is 4. The second kappa shape index (κ2) is 8.85. The standard InChI is InChI=1S/C23H26N2O4S/c1-23(2,3)25-30(27,28)20-11-7-10-18(16-20)24-22(26)15-13-19-12-14-21(29-19)17-8-5-4-6-9-17/h4-12,14,16,25H,13,15H2,1-3H3,(H,24,26). The number of furan rings is 1. The summed E-state index contributed by atoms with van der Waals surface area (Å²) in [5, 5.41) is 2.75. The molecule has 0 aliphatic heterocycles. The van der Waals surface area contributed by atoms with E-state index in [1.807, 2.05) is 42.5 Å². The fourth-order valence-electron chi connectivity index (χ4n) is 2.93. The number of carbonyl (C=O) groups is 1. The van der Waals surface area contributed by atoms with Gasteiger partial charge in [0, 0.05) is 29.6 Å². The van der Waals surface area contributed by atoms with Crippen LogP contribution >= 0.6 is 0 Å². The maximum absolute atomic E-state index is 12.5. The van der Waals surface area contributed by atoms with Gasteiger partial charge in [-0.25, -0.2) is 13.1 Å². The largest absolute Gasteiger partial charge is 0.461 e. The van der Waals surface area contributed by atoms with Gasteiger partial charge in [0.15, 0.2) is 0 Å². The van der Waals surface area contributed by atoms with E-state index in [4.69, 9.17) is 4.42 Å². The summed E-state index contributed by atoms with van der Waals surface area (Å²) in [5.41, 5.74) is 0.816. The van der Waals surface area contributed by atoms with E-state index in [-0.39, 0.29) is 17.2 Å². The molecule has 3 aromatic rings. The lowest BCUT2D eigenvalue weighted by molar-refractivity contribution is -0.116. The maximum atomic E-state index is 12.5. The Morgan fingerprint density at radius 1 is 0.967 bits per heavy atom. The summed E-state index contributed by atoms with van der Waals surface area (Å²) in [4.78, 5) is 12.4. The van der Waals surface area contributed by atoms with Crippen molar-refractivity contribution in [3.63, 3.8) is 0 Å². The molecule has 1 amide bonds. The molecule has 0 unspecified atom stereocenters. The first kappa shape index (κ1) is 21.8. The average Bonchev–Trinajstić information content (AvgIpc) is 3.15. The normalized spacial score (nSPS) is 12.0. The predicted octanol–water partition coefficient (Wildman–Crippen LogP) is 4.59. The van der Waals surface area contributed by atoms with Crippen molar-refractivity contribution in [1.82, 2.24) is 4.72 Å². The Kier molecular flexibility index (Phi) is 6.43. The van der Waals surface area contributed by atoms with E-state index < -0.39 is 15.6 Å². The summed E-state index contributed by atoms with van der Waals surface area (Å²) in [6.45, 7) is 5.32. The van der Waals surface area contributed by atoms with Gasteiger partial charge < -0.3 is 9.73 Å². The lowest BCUT2D eigenvalue weighted by atomic mass is 10.1. The highest BCUT2D eigenvalue weighted by Crippen LogP contribution is 2.23. The van der Waals surface area contributed by atoms with E-state index in [9.17, 15) is 13.2 Å². The monoisotopic (exact) mass is 426 g/mol. The number of benzene rings is 2. The number of anilines is 1. The third kappa shape index (κ3) is 6.05. The van der Waals surface area contributed by atoms with Gasteiger partial charge in [-0.1, -0.05) is 36.4 Å². The third-order valence-electron chi connectivity index (χ3n) is 4.19. The van der Waals surface area contributed by atoms with Crippen LogP contribution in [0.5, 0.6) is 0 Å². The highest BCUT2D eigenvalue weighted by atomic mass is 32.2. The molecule has 1 aromatic heterocycles. The van der Waals surface area contributed by atoms with E-state index in [0.717, 1.165) is 17.1 Å². The van der Waals surface area contributed by atoms with E-state index in [2.05, 4.69) is 10.0 Å². The van der Waals surface area contributed by atoms with Gasteiger partial charge in [-0.2, -0.15) is 0 Å². The van der Waals surface area contributed by atoms with Crippen molar-refractivity contribution in [3.8, 4) is 11.3 Å². The Morgan fingerprint density at radius 2 is 1.70 bits per heavy atom. The van der Waals surface area contributed by atoms with Crippen LogP contribution in [-0.4, -0.2) is 19.9 Å². The SMILES string of the molecule is CC(C)(C)NS(=O)(=O)c1cccc(NC(=O)CCc2ccc(-c3ccccc3)o2)c1. The van der Waals surface area contributed by atoms with Crippen LogP contribution in [0.3, 0.4) is 0 Å². The molecule has 30 heavy (non-hydrogen) atoms. The highest BCUT2D eigenvalue weighted by Gasteiger charge is 2.22. The van der Waals surface area contributed by atoms with E-state index >= 15 is 0 Å².